The van der Waals surface area contributed by atoms with Gasteiger partial charge in [-0.2, -0.15) is 0 Å². The maximum absolute atomic E-state index is 6.04. The molecule has 6 heteroatoms. The second-order valence-corrected chi connectivity index (χ2v) is 7.55. The van der Waals surface area contributed by atoms with Crippen LogP contribution in [0, 0.1) is 0 Å². The van der Waals surface area contributed by atoms with Crippen molar-refractivity contribution < 1.29 is 13.3 Å². The van der Waals surface area contributed by atoms with E-state index in [1.54, 1.807) is 14.2 Å². The minimum Gasteiger partial charge on any atom is -0.377 e. The Labute approximate surface area is 122 Å². The van der Waals surface area contributed by atoms with E-state index in [1.807, 2.05) is 18.2 Å². The van der Waals surface area contributed by atoms with Gasteiger partial charge in [0.25, 0.3) is 0 Å². The van der Waals surface area contributed by atoms with Crippen LogP contribution < -0.4 is 11.5 Å². The highest BCUT2D eigenvalue weighted by atomic mass is 28.4. The Hall–Kier alpha value is -0.763. The van der Waals surface area contributed by atoms with Crippen molar-refractivity contribution in [2.45, 2.75) is 25.0 Å². The number of benzene rings is 1. The zero-order valence-corrected chi connectivity index (χ0v) is 13.4. The Kier molecular flexibility index (Phi) is 7.97. The molecule has 4 N–H and O–H groups in total. The quantitative estimate of drug-likeness (QED) is 0.634. The number of hydrogen-bond donors (Lipinski definition) is 2. The van der Waals surface area contributed by atoms with Crippen LogP contribution in [0.3, 0.4) is 0 Å². The Morgan fingerprint density at radius 2 is 1.75 bits per heavy atom. The van der Waals surface area contributed by atoms with Gasteiger partial charge in [-0.3, -0.25) is 0 Å². The van der Waals surface area contributed by atoms with E-state index in [0.29, 0.717) is 19.5 Å². The van der Waals surface area contributed by atoms with E-state index in [4.69, 9.17) is 24.7 Å². The van der Waals surface area contributed by atoms with Crippen LogP contribution in [-0.2, 0) is 19.7 Å². The summed E-state index contributed by atoms with van der Waals surface area (Å²) in [6.45, 7) is 0.961. The first-order valence-electron chi connectivity index (χ1n) is 6.92. The molecule has 0 aliphatic rings. The van der Waals surface area contributed by atoms with Crippen LogP contribution in [0.25, 0.3) is 0 Å². The highest BCUT2D eigenvalue weighted by molar-refractivity contribution is 6.60. The Morgan fingerprint density at radius 3 is 2.25 bits per heavy atom. The third kappa shape index (κ3) is 5.32. The van der Waals surface area contributed by atoms with Crippen molar-refractivity contribution in [1.29, 1.82) is 0 Å². The standard InChI is InChI=1S/C14H26N2O3Si/c1-17-20(18-2,19-14(12-16)8-10-15)11-9-13-6-4-3-5-7-13/h3-7,14H,8-12,15-16H2,1-2H3. The van der Waals surface area contributed by atoms with E-state index in [1.165, 1.54) is 5.56 Å². The fraction of sp³-hybridized carbons (Fsp3) is 0.571. The smallest absolute Gasteiger partial charge is 0.377 e. The lowest BCUT2D eigenvalue weighted by Crippen LogP contribution is -2.49. The zero-order chi connectivity index (χ0) is 14.8. The molecule has 0 spiro atoms. The van der Waals surface area contributed by atoms with Gasteiger partial charge in [0.1, 0.15) is 0 Å². The molecular formula is C14H26N2O3Si. The van der Waals surface area contributed by atoms with Crippen LogP contribution in [0.15, 0.2) is 30.3 Å². The summed E-state index contributed by atoms with van der Waals surface area (Å²) in [7, 11) is 0.588. The SMILES string of the molecule is CO[Si](CCc1ccccc1)(OC)OC(CN)CCN. The van der Waals surface area contributed by atoms with Crippen molar-refractivity contribution in [2.24, 2.45) is 11.5 Å². The van der Waals surface area contributed by atoms with Gasteiger partial charge in [-0.1, -0.05) is 30.3 Å². The molecule has 0 amide bonds. The number of nitrogens with two attached hydrogens (primary N) is 2. The van der Waals surface area contributed by atoms with Gasteiger partial charge in [-0.25, -0.2) is 0 Å². The average molecular weight is 298 g/mol. The van der Waals surface area contributed by atoms with Gasteiger partial charge in [-0.15, -0.1) is 0 Å². The molecule has 0 aliphatic heterocycles. The predicted molar refractivity (Wildman–Crippen MR) is 82.3 cm³/mol. The molecule has 1 unspecified atom stereocenters. The molecule has 1 rings (SSSR count). The Balaban J connectivity index is 2.65. The molecule has 0 saturated heterocycles. The van der Waals surface area contributed by atoms with Crippen molar-refractivity contribution in [1.82, 2.24) is 0 Å². The monoisotopic (exact) mass is 298 g/mol. The Bertz CT molecular complexity index is 361. The summed E-state index contributed by atoms with van der Waals surface area (Å²) in [4.78, 5) is 0. The van der Waals surface area contributed by atoms with Crippen LogP contribution in [0.1, 0.15) is 12.0 Å². The van der Waals surface area contributed by atoms with Crippen LogP contribution in [0.5, 0.6) is 0 Å². The first-order valence-corrected chi connectivity index (χ1v) is 8.85. The van der Waals surface area contributed by atoms with Crippen molar-refractivity contribution >= 4 is 8.80 Å². The highest BCUT2D eigenvalue weighted by Gasteiger charge is 2.40. The van der Waals surface area contributed by atoms with E-state index in [-0.39, 0.29) is 6.10 Å². The van der Waals surface area contributed by atoms with Gasteiger partial charge in [0.2, 0.25) is 0 Å². The molecule has 0 fully saturated rings. The lowest BCUT2D eigenvalue weighted by Gasteiger charge is -2.30. The second kappa shape index (κ2) is 9.22. The largest absolute Gasteiger partial charge is 0.501 e. The predicted octanol–water partition coefficient (Wildman–Crippen LogP) is 1.15. The molecule has 0 saturated carbocycles. The normalized spacial score (nSPS) is 13.4. The highest BCUT2D eigenvalue weighted by Crippen LogP contribution is 2.20. The fourth-order valence-electron chi connectivity index (χ4n) is 2.05. The van der Waals surface area contributed by atoms with E-state index >= 15 is 0 Å². The van der Waals surface area contributed by atoms with E-state index < -0.39 is 8.80 Å². The summed E-state index contributed by atoms with van der Waals surface area (Å²) in [6, 6.07) is 11.0. The zero-order valence-electron chi connectivity index (χ0n) is 12.4. The summed E-state index contributed by atoms with van der Waals surface area (Å²) in [5.41, 5.74) is 12.5. The summed E-state index contributed by atoms with van der Waals surface area (Å²) < 4.78 is 17.2. The van der Waals surface area contributed by atoms with Crippen LogP contribution in [-0.4, -0.2) is 42.2 Å². The molecule has 0 bridgehead atoms. The lowest BCUT2D eigenvalue weighted by atomic mass is 10.2. The summed E-state index contributed by atoms with van der Waals surface area (Å²) in [6.07, 6.45) is 1.46. The third-order valence-corrected chi connectivity index (χ3v) is 6.08. The maximum Gasteiger partial charge on any atom is 0.501 e. The minimum atomic E-state index is -2.68. The van der Waals surface area contributed by atoms with Crippen molar-refractivity contribution in [2.75, 3.05) is 27.3 Å². The van der Waals surface area contributed by atoms with Gasteiger partial charge in [0, 0.05) is 26.8 Å². The minimum absolute atomic E-state index is 0.109. The van der Waals surface area contributed by atoms with Gasteiger partial charge in [0.05, 0.1) is 6.10 Å². The van der Waals surface area contributed by atoms with Gasteiger partial charge in [-0.05, 0) is 24.9 Å². The fourth-order valence-corrected chi connectivity index (χ4v) is 4.25. The van der Waals surface area contributed by atoms with Crippen molar-refractivity contribution in [3.63, 3.8) is 0 Å². The molecule has 0 aromatic heterocycles. The molecule has 0 aliphatic carbocycles. The number of rotatable bonds is 10. The molecule has 114 valence electrons. The molecular weight excluding hydrogens is 272 g/mol. The molecule has 1 aromatic rings. The van der Waals surface area contributed by atoms with Gasteiger partial charge < -0.3 is 24.7 Å². The van der Waals surface area contributed by atoms with Crippen LogP contribution >= 0.6 is 0 Å². The molecule has 0 radical (unpaired) electrons. The summed E-state index contributed by atoms with van der Waals surface area (Å²) in [5, 5.41) is 0. The molecule has 1 atom stereocenters. The van der Waals surface area contributed by atoms with Crippen molar-refractivity contribution in [3.05, 3.63) is 35.9 Å². The first kappa shape index (κ1) is 17.3. The van der Waals surface area contributed by atoms with Crippen LogP contribution in [0.4, 0.5) is 0 Å². The van der Waals surface area contributed by atoms with Crippen LogP contribution in [0.2, 0.25) is 6.04 Å². The number of aryl methyl sites for hydroxylation is 1. The average Bonchev–Trinajstić information content (AvgIpc) is 2.51. The van der Waals surface area contributed by atoms with E-state index in [2.05, 4.69) is 12.1 Å². The van der Waals surface area contributed by atoms with Gasteiger partial charge >= 0.3 is 8.80 Å². The van der Waals surface area contributed by atoms with E-state index in [9.17, 15) is 0 Å². The second-order valence-electron chi connectivity index (χ2n) is 4.63. The molecule has 1 aromatic carbocycles. The van der Waals surface area contributed by atoms with E-state index in [0.717, 1.165) is 12.5 Å². The number of hydrogen-bond acceptors (Lipinski definition) is 5. The molecule has 0 heterocycles. The Morgan fingerprint density at radius 1 is 1.10 bits per heavy atom. The maximum atomic E-state index is 6.04. The third-order valence-electron chi connectivity index (χ3n) is 3.28. The molecule has 20 heavy (non-hydrogen) atoms. The molecule has 5 nitrogen and oxygen atoms in total. The van der Waals surface area contributed by atoms with Crippen molar-refractivity contribution in [3.8, 4) is 0 Å². The topological polar surface area (TPSA) is 79.7 Å². The summed E-state index contributed by atoms with van der Waals surface area (Å²) >= 11 is 0. The van der Waals surface area contributed by atoms with Gasteiger partial charge in [0.15, 0.2) is 0 Å². The summed E-state index contributed by atoms with van der Waals surface area (Å²) in [5.74, 6) is 0. The lowest BCUT2D eigenvalue weighted by molar-refractivity contribution is 0.0558. The first-order chi connectivity index (χ1) is 9.69.